The molecule has 1 aromatic heterocycles. The molecule has 20 heavy (non-hydrogen) atoms. The van der Waals surface area contributed by atoms with E-state index in [0.29, 0.717) is 0 Å². The normalized spacial score (nSPS) is 12.4. The second-order valence-electron chi connectivity index (χ2n) is 4.31. The Morgan fingerprint density at radius 2 is 2.25 bits per heavy atom. The summed E-state index contributed by atoms with van der Waals surface area (Å²) in [5, 5.41) is 8.43. The predicted molar refractivity (Wildman–Crippen MR) is 89.5 cm³/mol. The van der Waals surface area contributed by atoms with Crippen LogP contribution in [-0.2, 0) is 6.54 Å². The fourth-order valence-corrected chi connectivity index (χ4v) is 2.76. The largest absolute Gasteiger partial charge is 0.493 e. The van der Waals surface area contributed by atoms with Gasteiger partial charge in [-0.05, 0) is 54.3 Å². The Bertz CT molecular complexity index is 579. The summed E-state index contributed by atoms with van der Waals surface area (Å²) in [6.45, 7) is 2.85. The number of hydrogen-bond donors (Lipinski definition) is 1. The minimum absolute atomic E-state index is 0.0121. The molecular weight excluding hydrogens is 389 g/mol. The third-order valence-corrected chi connectivity index (χ3v) is 4.78. The molecule has 0 aliphatic heterocycles. The van der Waals surface area contributed by atoms with Crippen LogP contribution in [-0.4, -0.2) is 23.9 Å². The molecule has 4 nitrogen and oxygen atoms in total. The maximum absolute atomic E-state index is 6.23. The van der Waals surface area contributed by atoms with E-state index < -0.39 is 0 Å². The summed E-state index contributed by atoms with van der Waals surface area (Å²) in [6.07, 6.45) is 1.75. The third kappa shape index (κ3) is 2.94. The van der Waals surface area contributed by atoms with Gasteiger partial charge in [-0.25, -0.2) is 0 Å². The van der Waals surface area contributed by atoms with Gasteiger partial charge in [0.1, 0.15) is 5.69 Å². The Hall–Kier alpha value is -0.790. The van der Waals surface area contributed by atoms with E-state index in [1.165, 1.54) is 0 Å². The van der Waals surface area contributed by atoms with E-state index in [2.05, 4.69) is 46.0 Å². The maximum Gasteiger partial charge on any atom is 0.161 e. The Labute approximate surface area is 137 Å². The Balaban J connectivity index is 2.51. The molecule has 1 heterocycles. The average molecular weight is 406 g/mol. The van der Waals surface area contributed by atoms with Crippen LogP contribution < -0.4 is 10.1 Å². The molecule has 1 aromatic carbocycles. The van der Waals surface area contributed by atoms with Crippen molar-refractivity contribution in [2.24, 2.45) is 0 Å². The Morgan fingerprint density at radius 3 is 2.80 bits per heavy atom. The van der Waals surface area contributed by atoms with Crippen molar-refractivity contribution in [2.75, 3.05) is 14.2 Å². The van der Waals surface area contributed by atoms with Gasteiger partial charge in [-0.2, -0.15) is 5.10 Å². The van der Waals surface area contributed by atoms with Crippen molar-refractivity contribution in [3.63, 3.8) is 0 Å². The minimum atomic E-state index is -0.0121. The van der Waals surface area contributed by atoms with Crippen LogP contribution in [0.1, 0.15) is 24.2 Å². The van der Waals surface area contributed by atoms with Crippen molar-refractivity contribution in [1.82, 2.24) is 15.1 Å². The van der Waals surface area contributed by atoms with Gasteiger partial charge in [0.15, 0.2) is 5.75 Å². The lowest BCUT2D eigenvalue weighted by atomic mass is 10.0. The molecule has 0 aliphatic rings. The lowest BCUT2D eigenvalue weighted by Crippen LogP contribution is -2.22. The third-order valence-electron chi connectivity index (χ3n) is 3.20. The Kier molecular flexibility index (Phi) is 5.29. The van der Waals surface area contributed by atoms with Crippen molar-refractivity contribution >= 4 is 34.2 Å². The molecule has 2 aromatic rings. The van der Waals surface area contributed by atoms with Crippen LogP contribution in [0.4, 0.5) is 0 Å². The summed E-state index contributed by atoms with van der Waals surface area (Å²) in [7, 11) is 3.58. The van der Waals surface area contributed by atoms with E-state index >= 15 is 0 Å². The molecule has 0 fully saturated rings. The van der Waals surface area contributed by atoms with Gasteiger partial charge in [0.25, 0.3) is 0 Å². The first-order valence-electron chi connectivity index (χ1n) is 6.34. The van der Waals surface area contributed by atoms with Crippen LogP contribution in [0.3, 0.4) is 0 Å². The number of aromatic nitrogens is 2. The van der Waals surface area contributed by atoms with Crippen molar-refractivity contribution in [3.8, 4) is 5.75 Å². The monoisotopic (exact) mass is 405 g/mol. The first-order chi connectivity index (χ1) is 9.62. The molecular formula is C14H17ClIN3O. The zero-order chi connectivity index (χ0) is 14.7. The average Bonchev–Trinajstić information content (AvgIpc) is 2.86. The van der Waals surface area contributed by atoms with Gasteiger partial charge in [0.2, 0.25) is 0 Å². The summed E-state index contributed by atoms with van der Waals surface area (Å²) in [4.78, 5) is 0. The number of halogens is 2. The maximum atomic E-state index is 6.23. The van der Waals surface area contributed by atoms with Crippen molar-refractivity contribution in [3.05, 3.63) is 44.2 Å². The topological polar surface area (TPSA) is 39.1 Å². The first-order valence-corrected chi connectivity index (χ1v) is 7.79. The molecule has 0 spiro atoms. The van der Waals surface area contributed by atoms with Gasteiger partial charge >= 0.3 is 0 Å². The van der Waals surface area contributed by atoms with Crippen LogP contribution in [0, 0.1) is 3.57 Å². The first kappa shape index (κ1) is 15.6. The number of rotatable bonds is 5. The fourth-order valence-electron chi connectivity index (χ4n) is 2.23. The van der Waals surface area contributed by atoms with Crippen molar-refractivity contribution < 1.29 is 4.74 Å². The van der Waals surface area contributed by atoms with Gasteiger partial charge in [-0.1, -0.05) is 17.7 Å². The number of methoxy groups -OCH3 is 1. The van der Waals surface area contributed by atoms with E-state index in [4.69, 9.17) is 16.3 Å². The summed E-state index contributed by atoms with van der Waals surface area (Å²) < 4.78 is 8.41. The zero-order valence-electron chi connectivity index (χ0n) is 11.7. The molecule has 1 N–H and O–H groups in total. The molecule has 0 amide bonds. The summed E-state index contributed by atoms with van der Waals surface area (Å²) in [5.41, 5.74) is 2.10. The van der Waals surface area contributed by atoms with Crippen LogP contribution in [0.25, 0.3) is 0 Å². The number of aryl methyl sites for hydroxylation is 1. The van der Waals surface area contributed by atoms with E-state index in [1.807, 2.05) is 23.9 Å². The van der Waals surface area contributed by atoms with Crippen molar-refractivity contribution in [2.45, 2.75) is 19.5 Å². The number of hydrogen-bond acceptors (Lipinski definition) is 3. The van der Waals surface area contributed by atoms with Gasteiger partial charge in [-0.3, -0.25) is 4.68 Å². The molecule has 0 saturated heterocycles. The fraction of sp³-hybridized carbons (Fsp3) is 0.357. The standard InChI is InChI=1S/C14H17ClIN3O/c1-4-19-14(12(20-3)8-18-19)13(17-2)9-5-6-11(16)10(15)7-9/h5-8,13,17H,4H2,1-3H3. The van der Waals surface area contributed by atoms with Crippen molar-refractivity contribution in [1.29, 1.82) is 0 Å². The molecule has 108 valence electrons. The van der Waals surface area contributed by atoms with E-state index in [1.54, 1.807) is 13.3 Å². The molecule has 2 rings (SSSR count). The quantitative estimate of drug-likeness (QED) is 0.774. The Morgan fingerprint density at radius 1 is 1.50 bits per heavy atom. The molecule has 1 atom stereocenters. The summed E-state index contributed by atoms with van der Waals surface area (Å²) >= 11 is 8.46. The highest BCUT2D eigenvalue weighted by atomic mass is 127. The summed E-state index contributed by atoms with van der Waals surface area (Å²) in [6, 6.07) is 6.06. The van der Waals surface area contributed by atoms with E-state index in [0.717, 1.165) is 32.1 Å². The SMILES string of the molecule is CCn1ncc(OC)c1C(NC)c1ccc(I)c(Cl)c1. The molecule has 1 unspecified atom stereocenters. The van der Waals surface area contributed by atoms with Crippen LogP contribution >= 0.6 is 34.2 Å². The zero-order valence-corrected chi connectivity index (χ0v) is 14.6. The lowest BCUT2D eigenvalue weighted by Gasteiger charge is -2.20. The summed E-state index contributed by atoms with van der Waals surface area (Å²) in [5.74, 6) is 0.779. The highest BCUT2D eigenvalue weighted by molar-refractivity contribution is 14.1. The number of nitrogens with zero attached hydrogens (tertiary/aromatic N) is 2. The van der Waals surface area contributed by atoms with Crippen LogP contribution in [0.5, 0.6) is 5.75 Å². The van der Waals surface area contributed by atoms with Gasteiger partial charge < -0.3 is 10.1 Å². The molecule has 0 radical (unpaired) electrons. The highest BCUT2D eigenvalue weighted by Crippen LogP contribution is 2.32. The van der Waals surface area contributed by atoms with Gasteiger partial charge in [0, 0.05) is 10.1 Å². The molecule has 0 aliphatic carbocycles. The van der Waals surface area contributed by atoms with E-state index in [-0.39, 0.29) is 6.04 Å². The molecule has 6 heteroatoms. The molecule has 0 saturated carbocycles. The number of nitrogens with one attached hydrogen (secondary N) is 1. The van der Waals surface area contributed by atoms with Gasteiger partial charge in [-0.15, -0.1) is 0 Å². The van der Waals surface area contributed by atoms with Gasteiger partial charge in [0.05, 0.1) is 24.4 Å². The number of ether oxygens (including phenoxy) is 1. The van der Waals surface area contributed by atoms with Crippen LogP contribution in [0.2, 0.25) is 5.02 Å². The molecule has 0 bridgehead atoms. The minimum Gasteiger partial charge on any atom is -0.493 e. The lowest BCUT2D eigenvalue weighted by molar-refractivity contribution is 0.401. The second-order valence-corrected chi connectivity index (χ2v) is 5.88. The predicted octanol–water partition coefficient (Wildman–Crippen LogP) is 3.48. The van der Waals surface area contributed by atoms with E-state index in [9.17, 15) is 0 Å². The second kappa shape index (κ2) is 6.78. The number of benzene rings is 1. The van der Waals surface area contributed by atoms with Crippen LogP contribution in [0.15, 0.2) is 24.4 Å². The smallest absolute Gasteiger partial charge is 0.161 e. The highest BCUT2D eigenvalue weighted by Gasteiger charge is 2.22.